The van der Waals surface area contributed by atoms with Crippen molar-refractivity contribution in [2.45, 2.75) is 13.5 Å². The number of hydrogen-bond donors (Lipinski definition) is 1. The Hall–Kier alpha value is -5.19. The van der Waals surface area contributed by atoms with Crippen LogP contribution in [0.3, 0.4) is 0 Å². The molecule has 0 unspecified atom stereocenters. The van der Waals surface area contributed by atoms with Gasteiger partial charge in [-0.3, -0.25) is 9.36 Å². The summed E-state index contributed by atoms with van der Waals surface area (Å²) in [5.74, 6) is 1.96. The third-order valence-corrected chi connectivity index (χ3v) is 6.44. The lowest BCUT2D eigenvalue weighted by Crippen LogP contribution is -2.28. The van der Waals surface area contributed by atoms with Crippen LogP contribution in [0.25, 0.3) is 33.5 Å². The molecule has 6 rings (SSSR count). The number of aromatic nitrogens is 7. The number of aryl methyl sites for hydroxylation is 1. The van der Waals surface area contributed by atoms with E-state index in [9.17, 15) is 4.79 Å². The molecule has 0 aliphatic heterocycles. The summed E-state index contributed by atoms with van der Waals surface area (Å²) >= 11 is 0. The highest BCUT2D eigenvalue weighted by Crippen LogP contribution is 2.35. The van der Waals surface area contributed by atoms with Crippen molar-refractivity contribution in [1.29, 1.82) is 0 Å². The zero-order valence-corrected chi connectivity index (χ0v) is 21.0. The van der Waals surface area contributed by atoms with E-state index < -0.39 is 0 Å². The van der Waals surface area contributed by atoms with E-state index in [-0.39, 0.29) is 17.9 Å². The van der Waals surface area contributed by atoms with Gasteiger partial charge in [-0.2, -0.15) is 10.2 Å². The summed E-state index contributed by atoms with van der Waals surface area (Å²) in [6, 6.07) is 16.7. The van der Waals surface area contributed by atoms with Gasteiger partial charge in [-0.15, -0.1) is 0 Å². The molecule has 0 aliphatic carbocycles. The van der Waals surface area contributed by atoms with Gasteiger partial charge in [0.05, 0.1) is 25.3 Å². The zero-order valence-electron chi connectivity index (χ0n) is 21.0. The Morgan fingerprint density at radius 3 is 2.39 bits per heavy atom. The van der Waals surface area contributed by atoms with Gasteiger partial charge >= 0.3 is 0 Å². The van der Waals surface area contributed by atoms with Crippen LogP contribution in [-0.4, -0.2) is 48.1 Å². The molecule has 0 spiro atoms. The lowest BCUT2D eigenvalue weighted by molar-refractivity contribution is 0.394. The van der Waals surface area contributed by atoms with Crippen LogP contribution < -0.4 is 20.8 Å². The molecule has 0 amide bonds. The van der Waals surface area contributed by atoms with Gasteiger partial charge in [0.25, 0.3) is 5.56 Å². The first-order chi connectivity index (χ1) is 18.5. The molecular weight excluding hydrogens is 484 g/mol. The minimum atomic E-state index is -0.174. The summed E-state index contributed by atoms with van der Waals surface area (Å²) in [5.41, 5.74) is 9.99. The quantitative estimate of drug-likeness (QED) is 0.363. The maximum Gasteiger partial charge on any atom is 0.282 e. The van der Waals surface area contributed by atoms with E-state index in [4.69, 9.17) is 25.4 Å². The monoisotopic (exact) mass is 508 g/mol. The van der Waals surface area contributed by atoms with Crippen LogP contribution in [0.2, 0.25) is 0 Å². The van der Waals surface area contributed by atoms with Crippen LogP contribution in [0.5, 0.6) is 11.5 Å². The third kappa shape index (κ3) is 3.72. The molecule has 2 aromatic carbocycles. The van der Waals surface area contributed by atoms with Crippen LogP contribution in [0.1, 0.15) is 11.4 Å². The number of nitrogens with two attached hydrogens (primary N) is 1. The molecule has 0 aliphatic rings. The summed E-state index contributed by atoms with van der Waals surface area (Å²) < 4.78 is 15.8. The van der Waals surface area contributed by atoms with Crippen molar-refractivity contribution in [2.24, 2.45) is 0 Å². The molecule has 4 heterocycles. The van der Waals surface area contributed by atoms with Crippen molar-refractivity contribution in [3.8, 4) is 28.4 Å². The lowest BCUT2D eigenvalue weighted by atomic mass is 10.1. The first-order valence-corrected chi connectivity index (χ1v) is 11.8. The molecule has 0 saturated heterocycles. The Kier molecular flexibility index (Phi) is 5.52. The van der Waals surface area contributed by atoms with Crippen molar-refractivity contribution >= 4 is 22.4 Å². The van der Waals surface area contributed by atoms with E-state index in [1.807, 2.05) is 55.5 Å². The fraction of sp³-hybridized carbons (Fsp3) is 0.148. The SMILES string of the molecule is COc1cc(OC)cc(-c2nn(Cc3nn4ccc(C)c4c(=O)n3-c3ccccc3)c3ncnc(N)c23)c1. The third-order valence-electron chi connectivity index (χ3n) is 6.44. The Morgan fingerprint density at radius 2 is 1.68 bits per heavy atom. The number of fused-ring (bicyclic) bond motifs is 2. The molecule has 2 N–H and O–H groups in total. The fourth-order valence-electron chi connectivity index (χ4n) is 4.63. The van der Waals surface area contributed by atoms with E-state index in [1.54, 1.807) is 40.2 Å². The summed E-state index contributed by atoms with van der Waals surface area (Å²) in [6.07, 6.45) is 3.17. The average molecular weight is 509 g/mol. The van der Waals surface area contributed by atoms with Gasteiger partial charge < -0.3 is 15.2 Å². The molecule has 38 heavy (non-hydrogen) atoms. The Balaban J connectivity index is 1.59. The second-order valence-corrected chi connectivity index (χ2v) is 8.75. The predicted octanol–water partition coefficient (Wildman–Crippen LogP) is 3.25. The van der Waals surface area contributed by atoms with Crippen LogP contribution in [0, 0.1) is 6.92 Å². The number of para-hydroxylation sites is 1. The number of anilines is 1. The highest BCUT2D eigenvalue weighted by molar-refractivity contribution is 5.98. The molecule has 190 valence electrons. The normalized spacial score (nSPS) is 11.3. The van der Waals surface area contributed by atoms with E-state index >= 15 is 0 Å². The number of methoxy groups -OCH3 is 2. The van der Waals surface area contributed by atoms with Crippen LogP contribution >= 0.6 is 0 Å². The van der Waals surface area contributed by atoms with Crippen molar-refractivity contribution in [3.63, 3.8) is 0 Å². The van der Waals surface area contributed by atoms with Gasteiger partial charge in [-0.25, -0.2) is 19.2 Å². The molecule has 4 aromatic heterocycles. The van der Waals surface area contributed by atoms with E-state index in [0.717, 1.165) is 11.1 Å². The standard InChI is InChI=1S/C27H24N8O3/c1-16-9-10-33-24(16)27(36)35(18-7-5-4-6-8-18)21(31-33)14-34-26-22(25(28)29-15-30-26)23(32-34)17-11-19(37-2)13-20(12-17)38-3/h4-13,15H,14H2,1-3H3,(H2,28,29,30). The second kappa shape index (κ2) is 9.04. The van der Waals surface area contributed by atoms with Crippen molar-refractivity contribution in [2.75, 3.05) is 20.0 Å². The van der Waals surface area contributed by atoms with E-state index in [2.05, 4.69) is 9.97 Å². The molecule has 0 radical (unpaired) electrons. The molecular formula is C27H24N8O3. The topological polar surface area (TPSA) is 127 Å². The molecule has 0 bridgehead atoms. The van der Waals surface area contributed by atoms with Gasteiger partial charge in [-0.1, -0.05) is 18.2 Å². The summed E-state index contributed by atoms with van der Waals surface area (Å²) in [7, 11) is 3.17. The minimum absolute atomic E-state index is 0.144. The first-order valence-electron chi connectivity index (χ1n) is 11.8. The number of nitrogen functional groups attached to an aromatic ring is 1. The van der Waals surface area contributed by atoms with Crippen molar-refractivity contribution in [3.05, 3.63) is 88.9 Å². The smallest absolute Gasteiger partial charge is 0.282 e. The van der Waals surface area contributed by atoms with Gasteiger partial charge in [0.1, 0.15) is 41.4 Å². The van der Waals surface area contributed by atoms with Gasteiger partial charge in [0.15, 0.2) is 11.5 Å². The predicted molar refractivity (Wildman–Crippen MR) is 143 cm³/mol. The van der Waals surface area contributed by atoms with Gasteiger partial charge in [0, 0.05) is 17.8 Å². The van der Waals surface area contributed by atoms with E-state index in [1.165, 1.54) is 6.33 Å². The number of benzene rings is 2. The molecule has 6 aromatic rings. The number of hydrogen-bond acceptors (Lipinski definition) is 8. The van der Waals surface area contributed by atoms with Crippen LogP contribution in [-0.2, 0) is 6.54 Å². The molecule has 0 saturated carbocycles. The minimum Gasteiger partial charge on any atom is -0.497 e. The molecule has 11 nitrogen and oxygen atoms in total. The number of rotatable bonds is 6. The Morgan fingerprint density at radius 1 is 0.947 bits per heavy atom. The number of ether oxygens (including phenoxy) is 2. The Labute approximate surface area is 216 Å². The summed E-state index contributed by atoms with van der Waals surface area (Å²) in [6.45, 7) is 2.04. The first kappa shape index (κ1) is 23.2. The lowest BCUT2D eigenvalue weighted by Gasteiger charge is -2.13. The van der Waals surface area contributed by atoms with Crippen LogP contribution in [0.15, 0.2) is 71.9 Å². The van der Waals surface area contributed by atoms with Crippen molar-refractivity contribution < 1.29 is 9.47 Å². The zero-order chi connectivity index (χ0) is 26.4. The molecule has 11 heteroatoms. The molecule has 0 atom stereocenters. The fourth-order valence-corrected chi connectivity index (χ4v) is 4.63. The second-order valence-electron chi connectivity index (χ2n) is 8.75. The average Bonchev–Trinajstić information content (AvgIpc) is 3.50. The molecule has 0 fully saturated rings. The van der Waals surface area contributed by atoms with Crippen LogP contribution in [0.4, 0.5) is 5.82 Å². The summed E-state index contributed by atoms with van der Waals surface area (Å²) in [4.78, 5) is 22.4. The van der Waals surface area contributed by atoms with E-state index in [0.29, 0.717) is 45.3 Å². The highest BCUT2D eigenvalue weighted by atomic mass is 16.5. The largest absolute Gasteiger partial charge is 0.497 e. The Bertz CT molecular complexity index is 1850. The number of nitrogens with zero attached hydrogens (tertiary/aromatic N) is 7. The van der Waals surface area contributed by atoms with Crippen molar-refractivity contribution in [1.82, 2.24) is 33.9 Å². The maximum absolute atomic E-state index is 13.7. The highest BCUT2D eigenvalue weighted by Gasteiger charge is 2.21. The van der Waals surface area contributed by atoms with Gasteiger partial charge in [-0.05, 0) is 42.8 Å². The maximum atomic E-state index is 13.7. The van der Waals surface area contributed by atoms with Gasteiger partial charge in [0.2, 0.25) is 0 Å². The summed E-state index contributed by atoms with van der Waals surface area (Å²) in [5, 5.41) is 10.3.